The van der Waals surface area contributed by atoms with Crippen molar-refractivity contribution in [2.45, 2.75) is 39.5 Å². The minimum Gasteiger partial charge on any atom is -0.476 e. The van der Waals surface area contributed by atoms with E-state index in [1.54, 1.807) is 6.92 Å². The van der Waals surface area contributed by atoms with Crippen molar-refractivity contribution in [3.8, 4) is 0 Å². The molecule has 0 amide bonds. The van der Waals surface area contributed by atoms with Crippen LogP contribution in [0.1, 0.15) is 58.3 Å². The molecule has 0 aliphatic rings. The molecule has 0 spiro atoms. The highest BCUT2D eigenvalue weighted by Crippen LogP contribution is 2.22. The van der Waals surface area contributed by atoms with Crippen molar-refractivity contribution in [1.29, 1.82) is 0 Å². The lowest BCUT2D eigenvalue weighted by molar-refractivity contribution is 0.0526. The molecule has 0 fully saturated rings. The Morgan fingerprint density at radius 2 is 2.06 bits per heavy atom. The molecule has 0 aliphatic carbocycles. The van der Waals surface area contributed by atoms with Gasteiger partial charge in [-0.15, -0.1) is 11.3 Å². The number of rotatable bonds is 7. The van der Waals surface area contributed by atoms with Crippen LogP contribution in [0.5, 0.6) is 0 Å². The second kappa shape index (κ2) is 7.10. The Labute approximate surface area is 110 Å². The van der Waals surface area contributed by atoms with Crippen LogP contribution in [-0.2, 0) is 11.2 Å². The molecule has 1 heterocycles. The number of carbonyl (C=O) groups is 2. The number of ether oxygens (including phenoxy) is 1. The first-order valence-corrected chi connectivity index (χ1v) is 6.81. The maximum absolute atomic E-state index is 11.5. The van der Waals surface area contributed by atoms with Crippen LogP contribution in [0.15, 0.2) is 0 Å². The zero-order valence-corrected chi connectivity index (χ0v) is 11.4. The third kappa shape index (κ3) is 3.80. The average molecular weight is 271 g/mol. The van der Waals surface area contributed by atoms with Gasteiger partial charge in [0.05, 0.1) is 6.61 Å². The summed E-state index contributed by atoms with van der Waals surface area (Å²) in [5.74, 6) is -1.64. The molecule has 1 aromatic rings. The largest absolute Gasteiger partial charge is 0.476 e. The number of aryl methyl sites for hydroxylation is 1. The SMILES string of the molecule is CCCCCc1sc(C(=O)OCC)nc1C(=O)O. The van der Waals surface area contributed by atoms with Crippen molar-refractivity contribution in [3.05, 3.63) is 15.6 Å². The van der Waals surface area contributed by atoms with Crippen molar-refractivity contribution >= 4 is 23.3 Å². The smallest absolute Gasteiger partial charge is 0.367 e. The van der Waals surface area contributed by atoms with Gasteiger partial charge in [-0.1, -0.05) is 19.8 Å². The van der Waals surface area contributed by atoms with Crippen molar-refractivity contribution < 1.29 is 19.4 Å². The first-order valence-electron chi connectivity index (χ1n) is 6.00. The molecule has 5 nitrogen and oxygen atoms in total. The van der Waals surface area contributed by atoms with E-state index < -0.39 is 11.9 Å². The number of hydrogen-bond acceptors (Lipinski definition) is 5. The number of carboxylic acids is 1. The number of carboxylic acid groups (broad SMARTS) is 1. The number of hydrogen-bond donors (Lipinski definition) is 1. The standard InChI is InChI=1S/C12H17NO4S/c1-3-5-6-7-8-9(11(14)15)13-10(18-8)12(16)17-4-2/h3-7H2,1-2H3,(H,14,15). The second-order valence-corrected chi connectivity index (χ2v) is 4.86. The minimum absolute atomic E-state index is 0.0147. The number of esters is 1. The van der Waals surface area contributed by atoms with Gasteiger partial charge in [0.15, 0.2) is 5.69 Å². The molecule has 0 saturated carbocycles. The summed E-state index contributed by atoms with van der Waals surface area (Å²) < 4.78 is 4.82. The van der Waals surface area contributed by atoms with Crippen molar-refractivity contribution in [3.63, 3.8) is 0 Å². The summed E-state index contributed by atoms with van der Waals surface area (Å²) in [6.45, 7) is 4.03. The number of aromatic nitrogens is 1. The molecule has 100 valence electrons. The van der Waals surface area contributed by atoms with Crippen molar-refractivity contribution in [1.82, 2.24) is 4.98 Å². The lowest BCUT2D eigenvalue weighted by Crippen LogP contribution is -2.06. The van der Waals surface area contributed by atoms with E-state index in [1.165, 1.54) is 0 Å². The normalized spacial score (nSPS) is 10.3. The Bertz CT molecular complexity index is 428. The quantitative estimate of drug-likeness (QED) is 0.609. The van der Waals surface area contributed by atoms with Gasteiger partial charge < -0.3 is 9.84 Å². The Balaban J connectivity index is 2.86. The molecule has 1 N–H and O–H groups in total. The van der Waals surface area contributed by atoms with Gasteiger partial charge in [-0.25, -0.2) is 14.6 Å². The van der Waals surface area contributed by atoms with Gasteiger partial charge in [0.25, 0.3) is 0 Å². The second-order valence-electron chi connectivity index (χ2n) is 3.77. The van der Waals surface area contributed by atoms with E-state index in [0.29, 0.717) is 11.3 Å². The Hall–Kier alpha value is -1.43. The monoisotopic (exact) mass is 271 g/mol. The van der Waals surface area contributed by atoms with Crippen LogP contribution in [0.2, 0.25) is 0 Å². The predicted molar refractivity (Wildman–Crippen MR) is 68.3 cm³/mol. The van der Waals surface area contributed by atoms with Crippen LogP contribution in [0.3, 0.4) is 0 Å². The summed E-state index contributed by atoms with van der Waals surface area (Å²) in [7, 11) is 0. The van der Waals surface area contributed by atoms with Crippen LogP contribution in [0.4, 0.5) is 0 Å². The number of nitrogens with zero attached hydrogens (tertiary/aromatic N) is 1. The lowest BCUT2D eigenvalue weighted by atomic mass is 10.1. The molecule has 18 heavy (non-hydrogen) atoms. The molecular weight excluding hydrogens is 254 g/mol. The van der Waals surface area contributed by atoms with E-state index in [1.807, 2.05) is 0 Å². The summed E-state index contributed by atoms with van der Waals surface area (Å²) in [5, 5.41) is 9.16. The van der Waals surface area contributed by atoms with Crippen LogP contribution in [0.25, 0.3) is 0 Å². The zero-order valence-electron chi connectivity index (χ0n) is 10.6. The summed E-state index contributed by atoms with van der Waals surface area (Å²) in [5.41, 5.74) is -0.0147. The summed E-state index contributed by atoms with van der Waals surface area (Å²) >= 11 is 1.12. The molecule has 6 heteroatoms. The number of thiazole rings is 1. The molecule has 0 radical (unpaired) electrons. The van der Waals surface area contributed by atoms with E-state index in [0.717, 1.165) is 30.6 Å². The summed E-state index contributed by atoms with van der Waals surface area (Å²) in [4.78, 5) is 27.0. The highest BCUT2D eigenvalue weighted by molar-refractivity contribution is 7.13. The number of carbonyl (C=O) groups excluding carboxylic acids is 1. The fourth-order valence-corrected chi connectivity index (χ4v) is 2.49. The van der Waals surface area contributed by atoms with Gasteiger partial charge in [-0.05, 0) is 19.8 Å². The summed E-state index contributed by atoms with van der Waals surface area (Å²) in [6, 6.07) is 0. The van der Waals surface area contributed by atoms with Gasteiger partial charge in [0, 0.05) is 4.88 Å². The van der Waals surface area contributed by atoms with Crippen LogP contribution < -0.4 is 0 Å². The Morgan fingerprint density at radius 1 is 1.33 bits per heavy atom. The first kappa shape index (κ1) is 14.6. The van der Waals surface area contributed by atoms with Gasteiger partial charge >= 0.3 is 11.9 Å². The highest BCUT2D eigenvalue weighted by atomic mass is 32.1. The third-order valence-electron chi connectivity index (χ3n) is 2.36. The molecule has 1 aromatic heterocycles. The Morgan fingerprint density at radius 3 is 2.61 bits per heavy atom. The Kier molecular flexibility index (Phi) is 5.77. The van der Waals surface area contributed by atoms with Crippen molar-refractivity contribution in [2.24, 2.45) is 0 Å². The third-order valence-corrected chi connectivity index (χ3v) is 3.45. The highest BCUT2D eigenvalue weighted by Gasteiger charge is 2.21. The fourth-order valence-electron chi connectivity index (χ4n) is 1.50. The van der Waals surface area contributed by atoms with Gasteiger partial charge in [-0.3, -0.25) is 0 Å². The van der Waals surface area contributed by atoms with Crippen LogP contribution >= 0.6 is 11.3 Å². The molecule has 0 aliphatic heterocycles. The zero-order chi connectivity index (χ0) is 13.5. The molecule has 0 unspecified atom stereocenters. The predicted octanol–water partition coefficient (Wildman–Crippen LogP) is 2.75. The van der Waals surface area contributed by atoms with E-state index in [9.17, 15) is 9.59 Å². The molecule has 0 bridgehead atoms. The first-order chi connectivity index (χ1) is 8.60. The van der Waals surface area contributed by atoms with E-state index in [2.05, 4.69) is 11.9 Å². The van der Waals surface area contributed by atoms with E-state index >= 15 is 0 Å². The maximum Gasteiger partial charge on any atom is 0.367 e. The lowest BCUT2D eigenvalue weighted by Gasteiger charge is -1.97. The topological polar surface area (TPSA) is 76.5 Å². The molecular formula is C12H17NO4S. The van der Waals surface area contributed by atoms with E-state index in [-0.39, 0.29) is 17.3 Å². The fraction of sp³-hybridized carbons (Fsp3) is 0.583. The number of aromatic carboxylic acids is 1. The molecule has 0 aromatic carbocycles. The van der Waals surface area contributed by atoms with Gasteiger partial charge in [0.2, 0.25) is 5.01 Å². The van der Waals surface area contributed by atoms with E-state index in [4.69, 9.17) is 9.84 Å². The van der Waals surface area contributed by atoms with Crippen molar-refractivity contribution in [2.75, 3.05) is 6.61 Å². The molecule has 1 rings (SSSR count). The summed E-state index contributed by atoms with van der Waals surface area (Å²) in [6.07, 6.45) is 3.64. The van der Waals surface area contributed by atoms with Crippen LogP contribution in [-0.4, -0.2) is 28.6 Å². The van der Waals surface area contributed by atoms with Gasteiger partial charge in [-0.2, -0.15) is 0 Å². The van der Waals surface area contributed by atoms with Gasteiger partial charge in [0.1, 0.15) is 0 Å². The minimum atomic E-state index is -1.09. The molecule has 0 saturated heterocycles. The average Bonchev–Trinajstić information content (AvgIpc) is 2.74. The number of unbranched alkanes of at least 4 members (excludes halogenated alkanes) is 2. The van der Waals surface area contributed by atoms with Crippen LogP contribution in [0, 0.1) is 0 Å². The maximum atomic E-state index is 11.5. The molecule has 0 atom stereocenters.